The SMILES string of the molecule is Cn1nc(C(C)(C)C)cc1NC(=O)C(C)(C)S(=O)(=O)C[C@H]1CCC(=O)N1. The number of amides is 2. The number of nitrogens with one attached hydrogen (secondary N) is 2. The first-order chi connectivity index (χ1) is 11.7. The molecule has 9 heteroatoms. The van der Waals surface area contributed by atoms with Crippen LogP contribution in [0.25, 0.3) is 0 Å². The van der Waals surface area contributed by atoms with Gasteiger partial charge in [-0.3, -0.25) is 14.3 Å². The zero-order valence-corrected chi connectivity index (χ0v) is 17.0. The zero-order chi connectivity index (χ0) is 19.9. The Labute approximate surface area is 154 Å². The lowest BCUT2D eigenvalue weighted by molar-refractivity contribution is -0.119. The predicted octanol–water partition coefficient (Wildman–Crippen LogP) is 1.13. The fourth-order valence-corrected chi connectivity index (χ4v) is 4.16. The molecule has 0 saturated carbocycles. The molecule has 2 rings (SSSR count). The van der Waals surface area contributed by atoms with Gasteiger partial charge in [0, 0.05) is 31.0 Å². The Morgan fingerprint density at radius 1 is 1.35 bits per heavy atom. The molecule has 0 unspecified atom stereocenters. The molecule has 1 aromatic heterocycles. The van der Waals surface area contributed by atoms with E-state index < -0.39 is 26.5 Å². The van der Waals surface area contributed by atoms with E-state index in [1.54, 1.807) is 13.1 Å². The number of carbonyl (C=O) groups excluding carboxylic acids is 2. The molecule has 26 heavy (non-hydrogen) atoms. The fourth-order valence-electron chi connectivity index (χ4n) is 2.63. The number of sulfone groups is 1. The van der Waals surface area contributed by atoms with Gasteiger partial charge in [-0.2, -0.15) is 5.10 Å². The van der Waals surface area contributed by atoms with Crippen LogP contribution < -0.4 is 10.6 Å². The van der Waals surface area contributed by atoms with Gasteiger partial charge in [0.1, 0.15) is 10.6 Å². The number of anilines is 1. The summed E-state index contributed by atoms with van der Waals surface area (Å²) in [4.78, 5) is 24.0. The molecule has 0 radical (unpaired) electrons. The van der Waals surface area contributed by atoms with Crippen molar-refractivity contribution in [2.75, 3.05) is 11.1 Å². The molecule has 1 aliphatic rings. The van der Waals surface area contributed by atoms with E-state index in [1.807, 2.05) is 20.8 Å². The lowest BCUT2D eigenvalue weighted by Gasteiger charge is -2.25. The van der Waals surface area contributed by atoms with Crippen LogP contribution in [0.15, 0.2) is 6.07 Å². The summed E-state index contributed by atoms with van der Waals surface area (Å²) >= 11 is 0. The van der Waals surface area contributed by atoms with E-state index in [2.05, 4.69) is 15.7 Å². The second kappa shape index (κ2) is 6.68. The Balaban J connectivity index is 2.17. The van der Waals surface area contributed by atoms with Crippen molar-refractivity contribution >= 4 is 27.5 Å². The van der Waals surface area contributed by atoms with Crippen molar-refractivity contribution in [3.63, 3.8) is 0 Å². The fraction of sp³-hybridized carbons (Fsp3) is 0.706. The number of rotatable bonds is 5. The van der Waals surface area contributed by atoms with Gasteiger partial charge < -0.3 is 10.6 Å². The minimum absolute atomic E-state index is 0.156. The van der Waals surface area contributed by atoms with Gasteiger partial charge in [0.25, 0.3) is 0 Å². The van der Waals surface area contributed by atoms with Crippen LogP contribution in [0.5, 0.6) is 0 Å². The lowest BCUT2D eigenvalue weighted by Crippen LogP contribution is -2.48. The summed E-state index contributed by atoms with van der Waals surface area (Å²) in [5, 5.41) is 9.69. The van der Waals surface area contributed by atoms with E-state index in [0.717, 1.165) is 5.69 Å². The topological polar surface area (TPSA) is 110 Å². The third kappa shape index (κ3) is 4.08. The summed E-state index contributed by atoms with van der Waals surface area (Å²) in [5.41, 5.74) is 0.604. The third-order valence-corrected chi connectivity index (χ3v) is 7.30. The van der Waals surface area contributed by atoms with E-state index in [9.17, 15) is 18.0 Å². The van der Waals surface area contributed by atoms with Gasteiger partial charge in [0.2, 0.25) is 11.8 Å². The Morgan fingerprint density at radius 2 is 1.96 bits per heavy atom. The van der Waals surface area contributed by atoms with Crippen LogP contribution in [0, 0.1) is 0 Å². The van der Waals surface area contributed by atoms with Crippen molar-refractivity contribution in [2.45, 2.75) is 63.7 Å². The molecule has 2 amide bonds. The van der Waals surface area contributed by atoms with Crippen LogP contribution in [0.1, 0.15) is 53.2 Å². The van der Waals surface area contributed by atoms with E-state index in [4.69, 9.17) is 0 Å². The van der Waals surface area contributed by atoms with Crippen molar-refractivity contribution in [2.24, 2.45) is 7.05 Å². The first kappa shape index (κ1) is 20.4. The molecule has 0 aliphatic carbocycles. The number of aryl methyl sites for hydroxylation is 1. The van der Waals surface area contributed by atoms with Gasteiger partial charge in [0.15, 0.2) is 9.84 Å². The van der Waals surface area contributed by atoms with Crippen molar-refractivity contribution in [1.29, 1.82) is 0 Å². The normalized spacial score (nSPS) is 18.7. The zero-order valence-electron chi connectivity index (χ0n) is 16.2. The largest absolute Gasteiger partial charge is 0.352 e. The molecule has 1 atom stereocenters. The first-order valence-electron chi connectivity index (χ1n) is 8.61. The van der Waals surface area contributed by atoms with Gasteiger partial charge in [-0.15, -0.1) is 0 Å². The van der Waals surface area contributed by atoms with Crippen LogP contribution in [0.3, 0.4) is 0 Å². The molecular formula is C17H28N4O4S. The van der Waals surface area contributed by atoms with Crippen LogP contribution >= 0.6 is 0 Å². The summed E-state index contributed by atoms with van der Waals surface area (Å²) < 4.78 is 25.4. The maximum Gasteiger partial charge on any atom is 0.246 e. The molecule has 146 valence electrons. The highest BCUT2D eigenvalue weighted by Gasteiger charge is 2.44. The molecule has 1 fully saturated rings. The maximum atomic E-state index is 12.8. The van der Waals surface area contributed by atoms with E-state index in [1.165, 1.54) is 18.5 Å². The molecule has 1 aromatic rings. The Hall–Kier alpha value is -1.90. The molecule has 0 bridgehead atoms. The molecule has 8 nitrogen and oxygen atoms in total. The summed E-state index contributed by atoms with van der Waals surface area (Å²) in [6.07, 6.45) is 0.782. The molecular weight excluding hydrogens is 356 g/mol. The average Bonchev–Trinajstić information content (AvgIpc) is 3.04. The highest BCUT2D eigenvalue weighted by Crippen LogP contribution is 2.26. The van der Waals surface area contributed by atoms with Crippen molar-refractivity contribution in [1.82, 2.24) is 15.1 Å². The van der Waals surface area contributed by atoms with E-state index in [0.29, 0.717) is 18.7 Å². The van der Waals surface area contributed by atoms with Gasteiger partial charge in [-0.25, -0.2) is 8.42 Å². The Bertz CT molecular complexity index is 818. The van der Waals surface area contributed by atoms with Crippen LogP contribution in [0.2, 0.25) is 0 Å². The first-order valence-corrected chi connectivity index (χ1v) is 10.3. The van der Waals surface area contributed by atoms with Crippen molar-refractivity contribution in [3.8, 4) is 0 Å². The number of hydrogen-bond acceptors (Lipinski definition) is 5. The monoisotopic (exact) mass is 384 g/mol. The number of aromatic nitrogens is 2. The molecule has 0 spiro atoms. The average molecular weight is 385 g/mol. The highest BCUT2D eigenvalue weighted by atomic mass is 32.2. The number of carbonyl (C=O) groups is 2. The van der Waals surface area contributed by atoms with Crippen molar-refractivity contribution < 1.29 is 18.0 Å². The highest BCUT2D eigenvalue weighted by molar-refractivity contribution is 7.93. The minimum Gasteiger partial charge on any atom is -0.352 e. The minimum atomic E-state index is -3.78. The van der Waals surface area contributed by atoms with Gasteiger partial charge >= 0.3 is 0 Å². The Morgan fingerprint density at radius 3 is 2.42 bits per heavy atom. The second-order valence-electron chi connectivity index (χ2n) is 8.34. The standard InChI is InChI=1S/C17H28N4O4S/c1-16(2,3)12-9-13(21(6)20-12)19-15(23)17(4,5)26(24,25)10-11-7-8-14(22)18-11/h9,11H,7-8,10H2,1-6H3,(H,18,22)(H,19,23)/t11-/m1/s1. The summed E-state index contributed by atoms with van der Waals surface area (Å²) in [5.74, 6) is -0.586. The molecule has 0 aromatic carbocycles. The number of nitrogens with zero attached hydrogens (tertiary/aromatic N) is 2. The van der Waals surface area contributed by atoms with Gasteiger partial charge in [0.05, 0.1) is 11.4 Å². The van der Waals surface area contributed by atoms with E-state index >= 15 is 0 Å². The molecule has 1 aliphatic heterocycles. The van der Waals surface area contributed by atoms with Crippen molar-refractivity contribution in [3.05, 3.63) is 11.8 Å². The Kier molecular flexibility index (Phi) is 5.24. The summed E-state index contributed by atoms with van der Waals surface area (Å²) in [6, 6.07) is 1.31. The quantitative estimate of drug-likeness (QED) is 0.791. The molecule has 2 N–H and O–H groups in total. The van der Waals surface area contributed by atoms with Crippen LogP contribution in [-0.2, 0) is 31.9 Å². The van der Waals surface area contributed by atoms with E-state index in [-0.39, 0.29) is 17.1 Å². The maximum absolute atomic E-state index is 12.8. The number of hydrogen-bond donors (Lipinski definition) is 2. The third-order valence-electron chi connectivity index (χ3n) is 4.72. The van der Waals surface area contributed by atoms with Crippen LogP contribution in [-0.4, -0.2) is 46.6 Å². The molecule has 2 heterocycles. The second-order valence-corrected chi connectivity index (χ2v) is 10.9. The smallest absolute Gasteiger partial charge is 0.246 e. The molecule has 1 saturated heterocycles. The van der Waals surface area contributed by atoms with Crippen LogP contribution in [0.4, 0.5) is 5.82 Å². The summed E-state index contributed by atoms with van der Waals surface area (Å²) in [6.45, 7) is 8.78. The van der Waals surface area contributed by atoms with Gasteiger partial charge in [-0.05, 0) is 20.3 Å². The van der Waals surface area contributed by atoms with Gasteiger partial charge in [-0.1, -0.05) is 20.8 Å². The lowest BCUT2D eigenvalue weighted by atomic mass is 9.92. The summed E-state index contributed by atoms with van der Waals surface area (Å²) in [7, 11) is -2.08. The predicted molar refractivity (Wildman–Crippen MR) is 99.6 cm³/mol.